The Kier molecular flexibility index (Phi) is 4.59. The SMILES string of the molecule is CNC(c1ccc(F)cc1)c1cc(Cl)ccc1I. The van der Waals surface area contributed by atoms with Gasteiger partial charge in [0.05, 0.1) is 6.04 Å². The van der Waals surface area contributed by atoms with Crippen LogP contribution in [-0.4, -0.2) is 7.05 Å². The summed E-state index contributed by atoms with van der Waals surface area (Å²) in [6.07, 6.45) is 0. The van der Waals surface area contributed by atoms with Crippen molar-refractivity contribution in [1.82, 2.24) is 5.32 Å². The zero-order valence-corrected chi connectivity index (χ0v) is 12.7. The Labute approximate surface area is 124 Å². The van der Waals surface area contributed by atoms with Gasteiger partial charge in [0.2, 0.25) is 0 Å². The molecule has 2 aromatic carbocycles. The molecule has 0 saturated carbocycles. The molecule has 0 fully saturated rings. The Balaban J connectivity index is 2.44. The maximum atomic E-state index is 13.0. The van der Waals surface area contributed by atoms with Crippen LogP contribution >= 0.6 is 34.2 Å². The van der Waals surface area contributed by atoms with E-state index in [1.54, 1.807) is 12.1 Å². The van der Waals surface area contributed by atoms with Crippen LogP contribution < -0.4 is 5.32 Å². The van der Waals surface area contributed by atoms with Crippen LogP contribution in [0.25, 0.3) is 0 Å². The average molecular weight is 376 g/mol. The number of halogens is 3. The summed E-state index contributed by atoms with van der Waals surface area (Å²) in [5.74, 6) is -0.227. The minimum Gasteiger partial charge on any atom is -0.309 e. The lowest BCUT2D eigenvalue weighted by Crippen LogP contribution is -2.18. The highest BCUT2D eigenvalue weighted by Crippen LogP contribution is 2.28. The van der Waals surface area contributed by atoms with Gasteiger partial charge in [-0.25, -0.2) is 4.39 Å². The molecule has 2 rings (SSSR count). The Morgan fingerprint density at radius 1 is 1.17 bits per heavy atom. The van der Waals surface area contributed by atoms with E-state index in [2.05, 4.69) is 27.9 Å². The normalized spacial score (nSPS) is 12.4. The van der Waals surface area contributed by atoms with Crippen LogP contribution in [-0.2, 0) is 0 Å². The molecular weight excluding hydrogens is 364 g/mol. The van der Waals surface area contributed by atoms with E-state index in [0.29, 0.717) is 5.02 Å². The first-order valence-electron chi connectivity index (χ1n) is 5.49. The van der Waals surface area contributed by atoms with Crippen molar-refractivity contribution in [2.24, 2.45) is 0 Å². The predicted molar refractivity (Wildman–Crippen MR) is 81.5 cm³/mol. The summed E-state index contributed by atoms with van der Waals surface area (Å²) in [4.78, 5) is 0. The van der Waals surface area contributed by atoms with Crippen molar-refractivity contribution in [3.05, 3.63) is 68.0 Å². The monoisotopic (exact) mass is 375 g/mol. The Morgan fingerprint density at radius 3 is 2.44 bits per heavy atom. The molecule has 1 nitrogen and oxygen atoms in total. The molecule has 4 heteroatoms. The highest BCUT2D eigenvalue weighted by molar-refractivity contribution is 14.1. The van der Waals surface area contributed by atoms with E-state index in [1.165, 1.54) is 12.1 Å². The fourth-order valence-corrected chi connectivity index (χ4v) is 2.72. The number of hydrogen-bond donors (Lipinski definition) is 1. The second-order valence-electron chi connectivity index (χ2n) is 3.94. The molecule has 2 aromatic rings. The molecule has 0 amide bonds. The number of benzene rings is 2. The summed E-state index contributed by atoms with van der Waals surface area (Å²) < 4.78 is 14.1. The molecule has 0 bridgehead atoms. The van der Waals surface area contributed by atoms with E-state index in [9.17, 15) is 4.39 Å². The lowest BCUT2D eigenvalue weighted by atomic mass is 9.99. The van der Waals surface area contributed by atoms with Crippen LogP contribution in [0.3, 0.4) is 0 Å². The number of hydrogen-bond acceptors (Lipinski definition) is 1. The van der Waals surface area contributed by atoms with Crippen molar-refractivity contribution >= 4 is 34.2 Å². The van der Waals surface area contributed by atoms with Crippen molar-refractivity contribution in [3.8, 4) is 0 Å². The van der Waals surface area contributed by atoms with Gasteiger partial charge in [-0.1, -0.05) is 23.7 Å². The van der Waals surface area contributed by atoms with Crippen LogP contribution in [0.1, 0.15) is 17.2 Å². The smallest absolute Gasteiger partial charge is 0.123 e. The van der Waals surface area contributed by atoms with Crippen molar-refractivity contribution in [1.29, 1.82) is 0 Å². The lowest BCUT2D eigenvalue weighted by Gasteiger charge is -2.19. The summed E-state index contributed by atoms with van der Waals surface area (Å²) in [6.45, 7) is 0. The second-order valence-corrected chi connectivity index (χ2v) is 5.54. The average Bonchev–Trinajstić information content (AvgIpc) is 2.37. The van der Waals surface area contributed by atoms with E-state index < -0.39 is 0 Å². The van der Waals surface area contributed by atoms with Crippen LogP contribution in [0.15, 0.2) is 42.5 Å². The zero-order valence-electron chi connectivity index (χ0n) is 9.75. The van der Waals surface area contributed by atoms with Gasteiger partial charge in [-0.3, -0.25) is 0 Å². The molecule has 0 aliphatic carbocycles. The lowest BCUT2D eigenvalue weighted by molar-refractivity contribution is 0.623. The first-order chi connectivity index (χ1) is 8.61. The van der Waals surface area contributed by atoms with Gasteiger partial charge >= 0.3 is 0 Å². The molecule has 0 saturated heterocycles. The quantitative estimate of drug-likeness (QED) is 0.785. The Morgan fingerprint density at radius 2 is 1.83 bits per heavy atom. The van der Waals surface area contributed by atoms with E-state index in [4.69, 9.17) is 11.6 Å². The molecule has 0 spiro atoms. The molecule has 0 aromatic heterocycles. The minimum atomic E-state index is -0.227. The molecule has 94 valence electrons. The van der Waals surface area contributed by atoms with E-state index in [1.807, 2.05) is 25.2 Å². The van der Waals surface area contributed by atoms with Gasteiger partial charge in [0.25, 0.3) is 0 Å². The Hall–Kier alpha value is -0.650. The fourth-order valence-electron chi connectivity index (χ4n) is 1.89. The van der Waals surface area contributed by atoms with Crippen LogP contribution in [0.5, 0.6) is 0 Å². The van der Waals surface area contributed by atoms with Crippen LogP contribution in [0, 0.1) is 9.39 Å². The van der Waals surface area contributed by atoms with Crippen molar-refractivity contribution < 1.29 is 4.39 Å². The van der Waals surface area contributed by atoms with Gasteiger partial charge < -0.3 is 5.32 Å². The van der Waals surface area contributed by atoms with E-state index >= 15 is 0 Å². The summed E-state index contributed by atoms with van der Waals surface area (Å²) in [6, 6.07) is 12.3. The molecule has 0 radical (unpaired) electrons. The van der Waals surface area contributed by atoms with Gasteiger partial charge in [-0.15, -0.1) is 0 Å². The number of nitrogens with one attached hydrogen (secondary N) is 1. The molecule has 1 atom stereocenters. The van der Waals surface area contributed by atoms with Gasteiger partial charge in [-0.2, -0.15) is 0 Å². The summed E-state index contributed by atoms with van der Waals surface area (Å²) in [5.41, 5.74) is 2.11. The number of rotatable bonds is 3. The van der Waals surface area contributed by atoms with Gasteiger partial charge in [-0.05, 0) is 71.1 Å². The summed E-state index contributed by atoms with van der Waals surface area (Å²) >= 11 is 8.32. The van der Waals surface area contributed by atoms with Gasteiger partial charge in [0.1, 0.15) is 5.82 Å². The zero-order chi connectivity index (χ0) is 13.1. The summed E-state index contributed by atoms with van der Waals surface area (Å²) in [7, 11) is 1.88. The van der Waals surface area contributed by atoms with Crippen molar-refractivity contribution in [2.45, 2.75) is 6.04 Å². The third-order valence-corrected chi connectivity index (χ3v) is 3.98. The van der Waals surface area contributed by atoms with Crippen LogP contribution in [0.2, 0.25) is 5.02 Å². The standard InChI is InChI=1S/C14H12ClFIN/c1-18-14(9-2-5-11(16)6-3-9)12-8-10(15)4-7-13(12)17/h2-8,14,18H,1H3. The first kappa shape index (κ1) is 13.8. The van der Waals surface area contributed by atoms with Gasteiger partial charge in [0, 0.05) is 8.59 Å². The molecule has 1 N–H and O–H groups in total. The molecule has 18 heavy (non-hydrogen) atoms. The maximum absolute atomic E-state index is 13.0. The van der Waals surface area contributed by atoms with E-state index in [0.717, 1.165) is 14.7 Å². The molecule has 0 aliphatic rings. The largest absolute Gasteiger partial charge is 0.309 e. The third-order valence-electron chi connectivity index (χ3n) is 2.76. The van der Waals surface area contributed by atoms with E-state index in [-0.39, 0.29) is 11.9 Å². The molecule has 1 unspecified atom stereocenters. The Bertz CT molecular complexity index is 542. The summed E-state index contributed by atoms with van der Waals surface area (Å²) in [5, 5.41) is 3.94. The first-order valence-corrected chi connectivity index (χ1v) is 6.95. The topological polar surface area (TPSA) is 12.0 Å². The van der Waals surface area contributed by atoms with Crippen molar-refractivity contribution in [2.75, 3.05) is 7.05 Å². The van der Waals surface area contributed by atoms with Crippen molar-refractivity contribution in [3.63, 3.8) is 0 Å². The highest BCUT2D eigenvalue weighted by atomic mass is 127. The molecule has 0 aliphatic heterocycles. The predicted octanol–water partition coefficient (Wildman–Crippen LogP) is 4.39. The van der Waals surface area contributed by atoms with Gasteiger partial charge in [0.15, 0.2) is 0 Å². The second kappa shape index (κ2) is 5.99. The molecular formula is C14H12ClFIN. The molecule has 0 heterocycles. The third kappa shape index (κ3) is 3.02. The fraction of sp³-hybridized carbons (Fsp3) is 0.143. The minimum absolute atomic E-state index is 0.0104. The maximum Gasteiger partial charge on any atom is 0.123 e. The highest BCUT2D eigenvalue weighted by Gasteiger charge is 2.15. The van der Waals surface area contributed by atoms with Crippen LogP contribution in [0.4, 0.5) is 4.39 Å².